The lowest BCUT2D eigenvalue weighted by Gasteiger charge is -2.15. The quantitative estimate of drug-likeness (QED) is 0.749. The number of hydrogen-bond acceptors (Lipinski definition) is 3. The average molecular weight is 232 g/mol. The Morgan fingerprint density at radius 1 is 1.27 bits per heavy atom. The maximum absolute atomic E-state index is 9.53. The molecule has 1 aromatic carbocycles. The predicted octanol–water partition coefficient (Wildman–Crippen LogP) is 2.57. The third-order valence-corrected chi connectivity index (χ3v) is 2.14. The van der Waals surface area contributed by atoms with E-state index in [2.05, 4.69) is 13.8 Å². The Morgan fingerprint density at radius 2 is 1.87 bits per heavy atom. The minimum Gasteiger partial charge on any atom is -0.508 e. The molecule has 0 aromatic heterocycles. The van der Waals surface area contributed by atoms with Crippen LogP contribution >= 0.6 is 12.4 Å². The molecule has 0 fully saturated rings. The summed E-state index contributed by atoms with van der Waals surface area (Å²) in [5.74, 6) is 0.611. The molecule has 0 aliphatic heterocycles. The summed E-state index contributed by atoms with van der Waals surface area (Å²) in [6.45, 7) is 4.16. The van der Waals surface area contributed by atoms with E-state index in [0.29, 0.717) is 11.5 Å². The van der Waals surface area contributed by atoms with Gasteiger partial charge in [-0.25, -0.2) is 0 Å². The van der Waals surface area contributed by atoms with E-state index in [4.69, 9.17) is 10.8 Å². The van der Waals surface area contributed by atoms with E-state index < -0.39 is 0 Å². The Balaban J connectivity index is 0.00000196. The van der Waals surface area contributed by atoms with Crippen molar-refractivity contribution in [2.24, 2.45) is 11.7 Å². The molecule has 0 unspecified atom stereocenters. The monoisotopic (exact) mass is 231 g/mol. The van der Waals surface area contributed by atoms with E-state index in [-0.39, 0.29) is 29.9 Å². The van der Waals surface area contributed by atoms with E-state index in [9.17, 15) is 5.11 Å². The Bertz CT molecular complexity index is 315. The lowest BCUT2D eigenvalue weighted by atomic mass is 9.97. The summed E-state index contributed by atoms with van der Waals surface area (Å²) in [5.41, 5.74) is 6.60. The summed E-state index contributed by atoms with van der Waals surface area (Å²) < 4.78 is 0. The molecule has 86 valence electrons. The minimum atomic E-state index is -0.171. The zero-order chi connectivity index (χ0) is 10.7. The Hall–Kier alpha value is -0.930. The maximum Gasteiger partial charge on any atom is 0.124 e. The fraction of sp³-hybridized carbons (Fsp3) is 0.455. The number of benzene rings is 1. The summed E-state index contributed by atoms with van der Waals surface area (Å²) in [6.07, 6.45) is 0.818. The molecule has 0 radical (unpaired) electrons. The molecule has 0 saturated heterocycles. The molecule has 1 atom stereocenters. The number of nitrogens with two attached hydrogens (primary N) is 1. The van der Waals surface area contributed by atoms with Gasteiger partial charge in [-0.1, -0.05) is 19.9 Å². The van der Waals surface area contributed by atoms with E-state index in [1.807, 2.05) is 0 Å². The van der Waals surface area contributed by atoms with Crippen molar-refractivity contribution in [2.45, 2.75) is 26.3 Å². The highest BCUT2D eigenvalue weighted by Crippen LogP contribution is 2.29. The van der Waals surface area contributed by atoms with Crippen molar-refractivity contribution < 1.29 is 10.2 Å². The molecule has 0 aliphatic rings. The highest BCUT2D eigenvalue weighted by atomic mass is 35.5. The van der Waals surface area contributed by atoms with Gasteiger partial charge in [0.1, 0.15) is 11.5 Å². The van der Waals surface area contributed by atoms with Gasteiger partial charge in [-0.05, 0) is 18.4 Å². The fourth-order valence-corrected chi connectivity index (χ4v) is 1.48. The van der Waals surface area contributed by atoms with E-state index in [1.54, 1.807) is 6.07 Å². The van der Waals surface area contributed by atoms with Crippen LogP contribution in [-0.2, 0) is 0 Å². The first-order valence-corrected chi connectivity index (χ1v) is 4.78. The van der Waals surface area contributed by atoms with E-state index in [0.717, 1.165) is 6.42 Å². The number of halogens is 1. The molecule has 0 bridgehead atoms. The standard InChI is InChI=1S/C11H17NO2.ClH/c1-7(2)5-10(12)9-4-3-8(13)6-11(9)14;/h3-4,6-7,10,13-14H,5,12H2,1-2H3;1H/t10-;/m0./s1. The molecule has 0 saturated carbocycles. The fourth-order valence-electron chi connectivity index (χ4n) is 1.48. The number of aromatic hydroxyl groups is 2. The van der Waals surface area contributed by atoms with Crippen molar-refractivity contribution in [3.05, 3.63) is 23.8 Å². The first-order valence-electron chi connectivity index (χ1n) is 4.78. The van der Waals surface area contributed by atoms with Gasteiger partial charge in [0.25, 0.3) is 0 Å². The largest absolute Gasteiger partial charge is 0.508 e. The van der Waals surface area contributed by atoms with Crippen LogP contribution in [0, 0.1) is 5.92 Å². The summed E-state index contributed by atoms with van der Waals surface area (Å²) in [7, 11) is 0. The molecule has 15 heavy (non-hydrogen) atoms. The highest BCUT2D eigenvalue weighted by molar-refractivity contribution is 5.85. The van der Waals surface area contributed by atoms with Crippen LogP contribution in [0.15, 0.2) is 18.2 Å². The van der Waals surface area contributed by atoms with Gasteiger partial charge in [-0.2, -0.15) is 0 Å². The van der Waals surface area contributed by atoms with Gasteiger partial charge in [-0.15, -0.1) is 12.4 Å². The normalized spacial score (nSPS) is 12.3. The van der Waals surface area contributed by atoms with Gasteiger partial charge in [-0.3, -0.25) is 0 Å². The molecule has 3 nitrogen and oxygen atoms in total. The van der Waals surface area contributed by atoms with E-state index >= 15 is 0 Å². The summed E-state index contributed by atoms with van der Waals surface area (Å²) in [5, 5.41) is 18.6. The van der Waals surface area contributed by atoms with Crippen molar-refractivity contribution in [3.63, 3.8) is 0 Å². The molecule has 1 rings (SSSR count). The lowest BCUT2D eigenvalue weighted by Crippen LogP contribution is -2.12. The first kappa shape index (κ1) is 14.1. The summed E-state index contributed by atoms with van der Waals surface area (Å²) >= 11 is 0. The highest BCUT2D eigenvalue weighted by Gasteiger charge is 2.12. The van der Waals surface area contributed by atoms with Crippen molar-refractivity contribution >= 4 is 12.4 Å². The molecular weight excluding hydrogens is 214 g/mol. The molecule has 4 N–H and O–H groups in total. The zero-order valence-electron chi connectivity index (χ0n) is 8.97. The Morgan fingerprint density at radius 3 is 2.33 bits per heavy atom. The first-order chi connectivity index (χ1) is 6.50. The Labute approximate surface area is 96.3 Å². The van der Waals surface area contributed by atoms with Crippen LogP contribution in [-0.4, -0.2) is 10.2 Å². The predicted molar refractivity (Wildman–Crippen MR) is 63.4 cm³/mol. The van der Waals surface area contributed by atoms with Gasteiger partial charge in [0.15, 0.2) is 0 Å². The smallest absolute Gasteiger partial charge is 0.124 e. The van der Waals surface area contributed by atoms with E-state index in [1.165, 1.54) is 12.1 Å². The van der Waals surface area contributed by atoms with Crippen LogP contribution in [0.1, 0.15) is 31.9 Å². The van der Waals surface area contributed by atoms with Crippen LogP contribution in [0.2, 0.25) is 0 Å². The van der Waals surface area contributed by atoms with Crippen LogP contribution in [0.3, 0.4) is 0 Å². The Kier molecular flexibility index (Phi) is 5.47. The third-order valence-electron chi connectivity index (χ3n) is 2.14. The minimum absolute atomic E-state index is 0. The molecule has 1 aromatic rings. The molecule has 0 heterocycles. The molecule has 0 spiro atoms. The number of phenols is 2. The van der Waals surface area contributed by atoms with Crippen LogP contribution in [0.4, 0.5) is 0 Å². The molecule has 4 heteroatoms. The number of hydrogen-bond donors (Lipinski definition) is 3. The summed E-state index contributed by atoms with van der Waals surface area (Å²) in [6, 6.07) is 4.35. The van der Waals surface area contributed by atoms with Gasteiger partial charge >= 0.3 is 0 Å². The topological polar surface area (TPSA) is 66.5 Å². The van der Waals surface area contributed by atoms with Crippen molar-refractivity contribution in [1.29, 1.82) is 0 Å². The van der Waals surface area contributed by atoms with Crippen molar-refractivity contribution in [2.75, 3.05) is 0 Å². The second-order valence-corrected chi connectivity index (χ2v) is 3.98. The van der Waals surface area contributed by atoms with Gasteiger partial charge in [0, 0.05) is 17.7 Å². The molecular formula is C11H18ClNO2. The lowest BCUT2D eigenvalue weighted by molar-refractivity contribution is 0.432. The molecule has 0 amide bonds. The maximum atomic E-state index is 9.53. The average Bonchev–Trinajstić information content (AvgIpc) is 2.01. The SMILES string of the molecule is CC(C)C[C@H](N)c1ccc(O)cc1O.Cl. The third kappa shape index (κ3) is 3.98. The van der Waals surface area contributed by atoms with Crippen molar-refractivity contribution in [3.8, 4) is 11.5 Å². The number of phenolic OH excluding ortho intramolecular Hbond substituents is 2. The second-order valence-electron chi connectivity index (χ2n) is 3.98. The molecule has 0 aliphatic carbocycles. The number of rotatable bonds is 3. The van der Waals surface area contributed by atoms with Crippen LogP contribution in [0.5, 0.6) is 11.5 Å². The van der Waals surface area contributed by atoms with Gasteiger partial charge in [0.2, 0.25) is 0 Å². The summed E-state index contributed by atoms with van der Waals surface area (Å²) in [4.78, 5) is 0. The van der Waals surface area contributed by atoms with Gasteiger partial charge in [0.05, 0.1) is 0 Å². The van der Waals surface area contributed by atoms with Gasteiger partial charge < -0.3 is 15.9 Å². The van der Waals surface area contributed by atoms with Crippen molar-refractivity contribution in [1.82, 2.24) is 0 Å². The zero-order valence-corrected chi connectivity index (χ0v) is 9.79. The van der Waals surface area contributed by atoms with Crippen LogP contribution in [0.25, 0.3) is 0 Å². The second kappa shape index (κ2) is 5.83. The van der Waals surface area contributed by atoms with Crippen LogP contribution < -0.4 is 5.73 Å².